The number of nitrogens with one attached hydrogen (secondary N) is 2. The first-order chi connectivity index (χ1) is 9.26. The number of benzene rings is 1. The van der Waals surface area contributed by atoms with E-state index < -0.39 is 0 Å². The van der Waals surface area contributed by atoms with Crippen LogP contribution >= 0.6 is 0 Å². The highest BCUT2D eigenvalue weighted by Gasteiger charge is 2.57. The second-order valence-electron chi connectivity index (χ2n) is 5.09. The van der Waals surface area contributed by atoms with Gasteiger partial charge in [-0.3, -0.25) is 5.32 Å². The van der Waals surface area contributed by atoms with Gasteiger partial charge in [-0.1, -0.05) is 18.2 Å². The number of hydrogen-bond donors (Lipinski definition) is 2. The molecule has 2 aliphatic heterocycles. The Balaban J connectivity index is 2.10. The molecule has 100 valence electrons. The molecule has 2 N–H and O–H groups in total. The van der Waals surface area contributed by atoms with Crippen LogP contribution in [-0.4, -0.2) is 37.6 Å². The zero-order valence-corrected chi connectivity index (χ0v) is 10.8. The molecule has 19 heavy (non-hydrogen) atoms. The molecule has 1 atom stereocenters. The van der Waals surface area contributed by atoms with Crippen molar-refractivity contribution in [2.75, 3.05) is 19.6 Å². The number of imide groups is 1. The number of urea groups is 1. The lowest BCUT2D eigenvalue weighted by Gasteiger charge is -2.37. The van der Waals surface area contributed by atoms with Crippen LogP contribution in [0.3, 0.4) is 0 Å². The van der Waals surface area contributed by atoms with Crippen molar-refractivity contribution in [1.29, 1.82) is 0 Å². The van der Waals surface area contributed by atoms with Crippen LogP contribution in [0.15, 0.2) is 30.3 Å². The number of carbonyl (C=O) groups is 2. The Labute approximate surface area is 112 Å². The predicted octanol–water partition coefficient (Wildman–Crippen LogP) is 0.996. The average Bonchev–Trinajstić information content (AvgIpc) is 2.77. The topological polar surface area (TPSA) is 58.2 Å². The van der Waals surface area contributed by atoms with E-state index in [9.17, 15) is 9.59 Å². The molecule has 2 heterocycles. The van der Waals surface area contributed by atoms with Gasteiger partial charge in [-0.25, -0.2) is 9.59 Å². The molecule has 2 saturated heterocycles. The minimum atomic E-state index is -0.178. The number of rotatable bonds is 2. The summed E-state index contributed by atoms with van der Waals surface area (Å²) in [5, 5.41) is 6.00. The summed E-state index contributed by atoms with van der Waals surface area (Å²) in [6, 6.07) is 9.29. The van der Waals surface area contributed by atoms with Crippen molar-refractivity contribution >= 4 is 17.6 Å². The Morgan fingerprint density at radius 2 is 1.74 bits per heavy atom. The maximum atomic E-state index is 12.5. The second-order valence-corrected chi connectivity index (χ2v) is 5.09. The van der Waals surface area contributed by atoms with Crippen LogP contribution in [0.25, 0.3) is 0 Å². The number of para-hydroxylation sites is 1. The summed E-state index contributed by atoms with van der Waals surface area (Å²) in [6.07, 6.45) is 1.68. The van der Waals surface area contributed by atoms with Gasteiger partial charge in [0.05, 0.1) is 0 Å². The van der Waals surface area contributed by atoms with Crippen LogP contribution in [-0.2, 0) is 4.79 Å². The molecule has 1 unspecified atom stereocenters. The highest BCUT2D eigenvalue weighted by molar-refractivity contribution is 6.14. The van der Waals surface area contributed by atoms with Crippen molar-refractivity contribution in [1.82, 2.24) is 15.1 Å². The number of quaternary nitrogens is 1. The fourth-order valence-electron chi connectivity index (χ4n) is 3.21. The van der Waals surface area contributed by atoms with Crippen molar-refractivity contribution in [3.8, 4) is 0 Å². The Bertz CT molecular complexity index is 479. The molecule has 0 bridgehead atoms. The van der Waals surface area contributed by atoms with Crippen molar-refractivity contribution < 1.29 is 9.59 Å². The summed E-state index contributed by atoms with van der Waals surface area (Å²) < 4.78 is -0.150. The molecule has 5 heteroatoms. The van der Waals surface area contributed by atoms with E-state index in [4.69, 9.17) is 0 Å². The molecule has 0 aromatic heterocycles. The van der Waals surface area contributed by atoms with Gasteiger partial charge in [0.15, 0.2) is 0 Å². The van der Waals surface area contributed by atoms with Gasteiger partial charge in [0.2, 0.25) is 0 Å². The standard InChI is InChI=1S/C14H17N3O2/c18-13-10-16-14(19)17(13,11-4-2-1-3-5-11)12-6-8-15-9-7-12/h1-5,12,15H,6-10H2/p+1. The number of carbonyl (C=O) groups excluding carboxylic acids is 2. The lowest BCUT2D eigenvalue weighted by atomic mass is 10.0. The van der Waals surface area contributed by atoms with Gasteiger partial charge in [0.25, 0.3) is 0 Å². The maximum Gasteiger partial charge on any atom is 0.430 e. The lowest BCUT2D eigenvalue weighted by molar-refractivity contribution is -0.126. The molecule has 2 aliphatic rings. The number of hydrogen-bond acceptors (Lipinski definition) is 3. The zero-order valence-electron chi connectivity index (χ0n) is 10.8. The summed E-state index contributed by atoms with van der Waals surface area (Å²) in [5.41, 5.74) is 0.786. The van der Waals surface area contributed by atoms with Gasteiger partial charge in [-0.15, -0.1) is 4.48 Å². The summed E-state index contributed by atoms with van der Waals surface area (Å²) in [5.74, 6) is -0.0388. The van der Waals surface area contributed by atoms with Crippen LogP contribution in [0.4, 0.5) is 10.5 Å². The smallest absolute Gasteiger partial charge is 0.316 e. The first-order valence-corrected chi connectivity index (χ1v) is 6.73. The number of amides is 3. The van der Waals surface area contributed by atoms with Crippen LogP contribution in [0.5, 0.6) is 0 Å². The fourth-order valence-corrected chi connectivity index (χ4v) is 3.21. The molecule has 3 rings (SSSR count). The molecule has 0 radical (unpaired) electrons. The highest BCUT2D eigenvalue weighted by Crippen LogP contribution is 2.33. The summed E-state index contributed by atoms with van der Waals surface area (Å²) in [6.45, 7) is 1.85. The van der Waals surface area contributed by atoms with E-state index in [1.54, 1.807) is 0 Å². The fraction of sp³-hybridized carbons (Fsp3) is 0.429. The predicted molar refractivity (Wildman–Crippen MR) is 72.5 cm³/mol. The maximum absolute atomic E-state index is 12.5. The molecule has 0 spiro atoms. The average molecular weight is 260 g/mol. The number of piperidine rings is 1. The molecular formula is C14H18N3O2+. The van der Waals surface area contributed by atoms with Crippen molar-refractivity contribution in [3.63, 3.8) is 0 Å². The first kappa shape index (κ1) is 12.3. The third-order valence-electron chi connectivity index (χ3n) is 4.12. The monoisotopic (exact) mass is 260 g/mol. The third kappa shape index (κ3) is 1.77. The van der Waals surface area contributed by atoms with Crippen LogP contribution in [0, 0.1) is 0 Å². The molecule has 0 aliphatic carbocycles. The van der Waals surface area contributed by atoms with Gasteiger partial charge in [-0.05, 0) is 0 Å². The van der Waals surface area contributed by atoms with E-state index in [0.29, 0.717) is 0 Å². The SMILES string of the molecule is O=C1CNC(=O)[N+]1(c1ccccc1)C1CCNCC1. The minimum Gasteiger partial charge on any atom is -0.316 e. The summed E-state index contributed by atoms with van der Waals surface area (Å²) in [4.78, 5) is 24.9. The normalized spacial score (nSPS) is 28.4. The molecule has 3 amide bonds. The Morgan fingerprint density at radius 1 is 1.05 bits per heavy atom. The van der Waals surface area contributed by atoms with Gasteiger partial charge in [0.1, 0.15) is 18.3 Å². The Morgan fingerprint density at radius 3 is 2.32 bits per heavy atom. The van der Waals surface area contributed by atoms with Crippen molar-refractivity contribution in [3.05, 3.63) is 30.3 Å². The molecule has 0 saturated carbocycles. The Kier molecular flexibility index (Phi) is 3.08. The van der Waals surface area contributed by atoms with Crippen LogP contribution < -0.4 is 15.1 Å². The van der Waals surface area contributed by atoms with Crippen LogP contribution in [0.2, 0.25) is 0 Å². The van der Waals surface area contributed by atoms with Gasteiger partial charge < -0.3 is 5.32 Å². The van der Waals surface area contributed by atoms with Gasteiger partial charge >= 0.3 is 11.9 Å². The van der Waals surface area contributed by atoms with Crippen LogP contribution in [0.1, 0.15) is 12.8 Å². The lowest BCUT2D eigenvalue weighted by Crippen LogP contribution is -2.63. The van der Waals surface area contributed by atoms with Gasteiger partial charge in [0, 0.05) is 38.1 Å². The van der Waals surface area contributed by atoms with E-state index in [1.807, 2.05) is 30.3 Å². The molecule has 5 nitrogen and oxygen atoms in total. The third-order valence-corrected chi connectivity index (χ3v) is 4.12. The van der Waals surface area contributed by atoms with E-state index in [-0.39, 0.29) is 29.0 Å². The Hall–Kier alpha value is -1.72. The van der Waals surface area contributed by atoms with E-state index >= 15 is 0 Å². The quantitative estimate of drug-likeness (QED) is 0.616. The van der Waals surface area contributed by atoms with E-state index in [0.717, 1.165) is 31.6 Å². The molecule has 1 aromatic rings. The summed E-state index contributed by atoms with van der Waals surface area (Å²) >= 11 is 0. The number of nitrogens with zero attached hydrogens (tertiary/aromatic N) is 1. The van der Waals surface area contributed by atoms with E-state index in [2.05, 4.69) is 10.6 Å². The molecule has 1 aromatic carbocycles. The molecular weight excluding hydrogens is 242 g/mol. The zero-order chi connectivity index (χ0) is 13.3. The highest BCUT2D eigenvalue weighted by atomic mass is 16.2. The molecule has 2 fully saturated rings. The summed E-state index contributed by atoms with van der Waals surface area (Å²) in [7, 11) is 0. The van der Waals surface area contributed by atoms with Gasteiger partial charge in [-0.2, -0.15) is 0 Å². The first-order valence-electron chi connectivity index (χ1n) is 6.73. The minimum absolute atomic E-state index is 0.0388. The van der Waals surface area contributed by atoms with Crippen molar-refractivity contribution in [2.24, 2.45) is 0 Å². The largest absolute Gasteiger partial charge is 0.430 e. The second kappa shape index (κ2) is 4.75. The van der Waals surface area contributed by atoms with E-state index in [1.165, 1.54) is 0 Å². The van der Waals surface area contributed by atoms with Crippen molar-refractivity contribution in [2.45, 2.75) is 18.9 Å².